The number of pyridine rings is 1. The minimum absolute atomic E-state index is 0.122. The predicted octanol–water partition coefficient (Wildman–Crippen LogP) is 3.49. The minimum Gasteiger partial charge on any atom is -0.382 e. The van der Waals surface area contributed by atoms with E-state index in [4.69, 9.17) is 22.3 Å². The molecule has 138 valence electrons. The summed E-state index contributed by atoms with van der Waals surface area (Å²) >= 11 is 6.10. The third-order valence-electron chi connectivity index (χ3n) is 4.23. The van der Waals surface area contributed by atoms with Crippen LogP contribution in [0.25, 0.3) is 16.9 Å². The number of rotatable bonds is 4. The number of nitriles is 1. The van der Waals surface area contributed by atoms with E-state index in [0.29, 0.717) is 27.8 Å². The lowest BCUT2D eigenvalue weighted by Crippen LogP contribution is -2.15. The predicted molar refractivity (Wildman–Crippen MR) is 107 cm³/mol. The summed E-state index contributed by atoms with van der Waals surface area (Å²) < 4.78 is 1.94. The molecule has 4 aromatic rings. The molecule has 0 saturated heterocycles. The first-order chi connectivity index (χ1) is 13.6. The number of nitrogen functional groups attached to an aromatic ring is 1. The number of benzene rings is 1. The van der Waals surface area contributed by atoms with Gasteiger partial charge >= 0.3 is 0 Å². The summed E-state index contributed by atoms with van der Waals surface area (Å²) in [7, 11) is 0. The van der Waals surface area contributed by atoms with Gasteiger partial charge < -0.3 is 11.1 Å². The molecule has 1 atom stereocenters. The van der Waals surface area contributed by atoms with Crippen molar-refractivity contribution in [1.29, 1.82) is 5.26 Å². The van der Waals surface area contributed by atoms with Gasteiger partial charge in [0.25, 0.3) is 0 Å². The second-order valence-corrected chi connectivity index (χ2v) is 6.53. The van der Waals surface area contributed by atoms with Gasteiger partial charge in [-0.2, -0.15) is 5.26 Å². The Kier molecular flexibility index (Phi) is 4.51. The molecule has 1 aromatic carbocycles. The fraction of sp³-hybridized carbons (Fsp3) is 0.105. The van der Waals surface area contributed by atoms with Crippen LogP contribution in [0.4, 0.5) is 11.6 Å². The van der Waals surface area contributed by atoms with E-state index in [1.807, 2.05) is 47.9 Å². The summed E-state index contributed by atoms with van der Waals surface area (Å²) in [5.41, 5.74) is 8.24. The maximum absolute atomic E-state index is 9.36. The maximum atomic E-state index is 9.36. The lowest BCUT2D eigenvalue weighted by atomic mass is 10.2. The van der Waals surface area contributed by atoms with Crippen LogP contribution < -0.4 is 11.1 Å². The van der Waals surface area contributed by atoms with Gasteiger partial charge in [-0.1, -0.05) is 29.8 Å². The van der Waals surface area contributed by atoms with Crippen molar-refractivity contribution in [3.05, 3.63) is 65.3 Å². The van der Waals surface area contributed by atoms with Crippen LogP contribution in [-0.4, -0.2) is 24.5 Å². The van der Waals surface area contributed by atoms with Crippen molar-refractivity contribution in [3.8, 4) is 11.8 Å². The summed E-state index contributed by atoms with van der Waals surface area (Å²) in [6, 6.07) is 13.3. The molecule has 0 saturated carbocycles. The molecule has 8 nitrogen and oxygen atoms in total. The Labute approximate surface area is 165 Å². The van der Waals surface area contributed by atoms with E-state index >= 15 is 0 Å². The maximum Gasteiger partial charge on any atom is 0.164 e. The number of para-hydroxylation sites is 1. The van der Waals surface area contributed by atoms with E-state index in [9.17, 15) is 5.26 Å². The number of anilines is 2. The molecule has 9 heteroatoms. The zero-order chi connectivity index (χ0) is 19.7. The third kappa shape index (κ3) is 3.08. The zero-order valence-electron chi connectivity index (χ0n) is 14.8. The molecule has 0 spiro atoms. The summed E-state index contributed by atoms with van der Waals surface area (Å²) in [5, 5.41) is 13.1. The topological polar surface area (TPSA) is 118 Å². The first-order valence-electron chi connectivity index (χ1n) is 8.45. The summed E-state index contributed by atoms with van der Waals surface area (Å²) in [4.78, 5) is 17.2. The van der Waals surface area contributed by atoms with Crippen LogP contribution in [0.1, 0.15) is 24.4 Å². The van der Waals surface area contributed by atoms with Crippen LogP contribution in [0, 0.1) is 11.3 Å². The van der Waals surface area contributed by atoms with Gasteiger partial charge in [-0.25, -0.2) is 19.9 Å². The molecule has 3 heterocycles. The van der Waals surface area contributed by atoms with Crippen LogP contribution in [-0.2, 0) is 0 Å². The molecule has 0 aliphatic heterocycles. The van der Waals surface area contributed by atoms with Gasteiger partial charge in [0.05, 0.1) is 11.1 Å². The van der Waals surface area contributed by atoms with Crippen LogP contribution >= 0.6 is 11.6 Å². The highest BCUT2D eigenvalue weighted by atomic mass is 35.5. The summed E-state index contributed by atoms with van der Waals surface area (Å²) in [5.74, 6) is 1.16. The average Bonchev–Trinajstić information content (AvgIpc) is 3.07. The van der Waals surface area contributed by atoms with Crippen LogP contribution in [0.5, 0.6) is 0 Å². The Morgan fingerprint density at radius 2 is 2.00 bits per heavy atom. The molecular weight excluding hydrogens is 376 g/mol. The zero-order valence-corrected chi connectivity index (χ0v) is 15.6. The Balaban J connectivity index is 1.84. The molecule has 4 rings (SSSR count). The quantitative estimate of drug-likeness (QED) is 0.547. The van der Waals surface area contributed by atoms with Gasteiger partial charge in [0.15, 0.2) is 5.65 Å². The average molecular weight is 391 g/mol. The number of nitrogens with two attached hydrogens (primary N) is 1. The van der Waals surface area contributed by atoms with Crippen LogP contribution in [0.3, 0.4) is 0 Å². The highest BCUT2D eigenvalue weighted by Crippen LogP contribution is 2.28. The first kappa shape index (κ1) is 17.7. The second kappa shape index (κ2) is 7.13. The lowest BCUT2D eigenvalue weighted by Gasteiger charge is -2.17. The van der Waals surface area contributed by atoms with Crippen molar-refractivity contribution in [3.63, 3.8) is 0 Å². The molecule has 0 bridgehead atoms. The molecule has 0 aliphatic rings. The van der Waals surface area contributed by atoms with E-state index in [1.54, 1.807) is 12.3 Å². The highest BCUT2D eigenvalue weighted by Gasteiger charge is 2.21. The first-order valence-corrected chi connectivity index (χ1v) is 8.82. The number of nitrogens with one attached hydrogen (secondary N) is 1. The number of nitrogens with zero attached hydrogens (tertiary/aromatic N) is 6. The molecule has 0 unspecified atom stereocenters. The van der Waals surface area contributed by atoms with Crippen molar-refractivity contribution in [2.45, 2.75) is 13.0 Å². The van der Waals surface area contributed by atoms with Gasteiger partial charge in [0.1, 0.15) is 40.9 Å². The van der Waals surface area contributed by atoms with E-state index in [1.165, 1.54) is 6.33 Å². The molecular formula is C19H15ClN8. The number of aromatic nitrogens is 5. The molecule has 0 aliphatic carbocycles. The molecule has 0 fully saturated rings. The number of hydrogen-bond donors (Lipinski definition) is 2. The Hall–Kier alpha value is -3.70. The summed E-state index contributed by atoms with van der Waals surface area (Å²) in [6.45, 7) is 1.92. The number of halogens is 1. The smallest absolute Gasteiger partial charge is 0.164 e. The normalized spacial score (nSPS) is 11.9. The monoisotopic (exact) mass is 390 g/mol. The van der Waals surface area contributed by atoms with Crippen molar-refractivity contribution in [1.82, 2.24) is 24.5 Å². The Bertz CT molecular complexity index is 1200. The fourth-order valence-corrected chi connectivity index (χ4v) is 3.12. The molecule has 3 N–H and O–H groups in total. The number of hydrogen-bond acceptors (Lipinski definition) is 7. The minimum atomic E-state index is -0.311. The Morgan fingerprint density at radius 3 is 2.75 bits per heavy atom. The van der Waals surface area contributed by atoms with Gasteiger partial charge in [-0.3, -0.25) is 4.57 Å². The van der Waals surface area contributed by atoms with E-state index in [2.05, 4.69) is 20.3 Å². The second-order valence-electron chi connectivity index (χ2n) is 6.10. The fourth-order valence-electron chi connectivity index (χ4n) is 2.97. The van der Waals surface area contributed by atoms with E-state index in [-0.39, 0.29) is 17.4 Å². The number of imidazole rings is 1. The van der Waals surface area contributed by atoms with E-state index < -0.39 is 0 Å². The SMILES string of the molecule is C[C@H](Nc1ncnc(N)c1C#N)c1nc2cc(Cl)cnc2n1-c1ccccc1. The van der Waals surface area contributed by atoms with Crippen molar-refractivity contribution < 1.29 is 0 Å². The Morgan fingerprint density at radius 1 is 1.21 bits per heavy atom. The van der Waals surface area contributed by atoms with Crippen molar-refractivity contribution in [2.24, 2.45) is 0 Å². The number of fused-ring (bicyclic) bond motifs is 1. The molecule has 3 aromatic heterocycles. The lowest BCUT2D eigenvalue weighted by molar-refractivity contribution is 0.765. The molecule has 0 radical (unpaired) electrons. The standard InChI is InChI=1S/C19H15ClN8/c1-11(26-17-14(8-21)16(22)24-10-25-17)18-27-15-7-12(20)9-23-19(15)28(18)13-5-3-2-4-6-13/h2-7,9-11H,1H3,(H3,22,24,25,26)/t11-/m0/s1. The molecule has 28 heavy (non-hydrogen) atoms. The van der Waals surface area contributed by atoms with Gasteiger partial charge in [0.2, 0.25) is 0 Å². The van der Waals surface area contributed by atoms with Crippen LogP contribution in [0.15, 0.2) is 48.9 Å². The van der Waals surface area contributed by atoms with E-state index in [0.717, 1.165) is 5.69 Å². The summed E-state index contributed by atoms with van der Waals surface area (Å²) in [6.07, 6.45) is 2.90. The van der Waals surface area contributed by atoms with Crippen molar-refractivity contribution in [2.75, 3.05) is 11.1 Å². The highest BCUT2D eigenvalue weighted by molar-refractivity contribution is 6.31. The van der Waals surface area contributed by atoms with Crippen molar-refractivity contribution >= 4 is 34.4 Å². The van der Waals surface area contributed by atoms with Gasteiger partial charge in [-0.05, 0) is 25.1 Å². The third-order valence-corrected chi connectivity index (χ3v) is 4.44. The van der Waals surface area contributed by atoms with Crippen LogP contribution in [0.2, 0.25) is 5.02 Å². The van der Waals surface area contributed by atoms with Gasteiger partial charge in [0, 0.05) is 11.9 Å². The van der Waals surface area contributed by atoms with Gasteiger partial charge in [-0.15, -0.1) is 0 Å². The largest absolute Gasteiger partial charge is 0.382 e. The molecule has 0 amide bonds.